The predicted molar refractivity (Wildman–Crippen MR) is 106 cm³/mol. The normalized spacial score (nSPS) is 14.0. The Kier molecular flexibility index (Phi) is 5.33. The fraction of sp³-hybridized carbons (Fsp3) is 0.190. The summed E-state index contributed by atoms with van der Waals surface area (Å²) >= 11 is 0. The fourth-order valence-electron chi connectivity index (χ4n) is 3.28. The third-order valence-corrected chi connectivity index (χ3v) is 4.74. The van der Waals surface area contributed by atoms with Crippen molar-refractivity contribution in [2.75, 3.05) is 36.4 Å². The van der Waals surface area contributed by atoms with Crippen LogP contribution in [0, 0.1) is 11.6 Å². The lowest BCUT2D eigenvalue weighted by atomic mass is 10.2. The molecule has 3 aromatic rings. The molecule has 1 fully saturated rings. The average molecular weight is 395 g/mol. The van der Waals surface area contributed by atoms with Gasteiger partial charge in [-0.2, -0.15) is 0 Å². The van der Waals surface area contributed by atoms with Gasteiger partial charge in [0.15, 0.2) is 0 Å². The molecule has 1 N–H and O–H groups in total. The maximum Gasteiger partial charge on any atom is 0.272 e. The lowest BCUT2D eigenvalue weighted by Crippen LogP contribution is -2.49. The minimum Gasteiger partial charge on any atom is -0.366 e. The molecule has 0 bridgehead atoms. The molecule has 1 aliphatic rings. The molecule has 4 rings (SSSR count). The number of nitrogens with one attached hydrogen (secondary N) is 1. The van der Waals surface area contributed by atoms with Crippen LogP contribution in [0.15, 0.2) is 60.9 Å². The minimum absolute atomic E-state index is 0.220. The summed E-state index contributed by atoms with van der Waals surface area (Å²) in [6.45, 7) is 1.99. The predicted octanol–water partition coefficient (Wildman–Crippen LogP) is 3.46. The van der Waals surface area contributed by atoms with E-state index in [-0.39, 0.29) is 23.2 Å². The molecule has 8 heteroatoms. The summed E-state index contributed by atoms with van der Waals surface area (Å²) in [4.78, 5) is 24.6. The highest BCUT2D eigenvalue weighted by Gasteiger charge is 2.24. The SMILES string of the molecule is O=C(c1cc(Nc2cccc(F)c2)ncn1)N1CCN(c2ccccc2F)CC1. The Morgan fingerprint density at radius 2 is 1.72 bits per heavy atom. The van der Waals surface area contributed by atoms with Crippen molar-refractivity contribution >= 4 is 23.1 Å². The van der Waals surface area contributed by atoms with Crippen LogP contribution in [0.1, 0.15) is 10.5 Å². The largest absolute Gasteiger partial charge is 0.366 e. The molecule has 1 saturated heterocycles. The van der Waals surface area contributed by atoms with E-state index in [2.05, 4.69) is 15.3 Å². The summed E-state index contributed by atoms with van der Waals surface area (Å²) in [7, 11) is 0. The summed E-state index contributed by atoms with van der Waals surface area (Å²) in [5.41, 5.74) is 1.32. The summed E-state index contributed by atoms with van der Waals surface area (Å²) < 4.78 is 27.3. The molecule has 2 heterocycles. The van der Waals surface area contributed by atoms with E-state index in [0.717, 1.165) is 0 Å². The van der Waals surface area contributed by atoms with Crippen molar-refractivity contribution in [2.45, 2.75) is 0 Å². The van der Waals surface area contributed by atoms with E-state index in [1.165, 1.54) is 30.6 Å². The summed E-state index contributed by atoms with van der Waals surface area (Å²) in [6, 6.07) is 14.1. The second-order valence-electron chi connectivity index (χ2n) is 6.65. The van der Waals surface area contributed by atoms with Crippen LogP contribution in [0.2, 0.25) is 0 Å². The van der Waals surface area contributed by atoms with Gasteiger partial charge in [-0.15, -0.1) is 0 Å². The van der Waals surface area contributed by atoms with Crippen molar-refractivity contribution in [3.05, 3.63) is 78.3 Å². The molecule has 0 atom stereocenters. The molecule has 29 heavy (non-hydrogen) atoms. The number of aromatic nitrogens is 2. The van der Waals surface area contributed by atoms with Crippen LogP contribution in [0.25, 0.3) is 0 Å². The first kappa shape index (κ1) is 18.8. The molecule has 6 nitrogen and oxygen atoms in total. The summed E-state index contributed by atoms with van der Waals surface area (Å²) in [5, 5.41) is 2.97. The van der Waals surface area contributed by atoms with Crippen LogP contribution in [-0.2, 0) is 0 Å². The van der Waals surface area contributed by atoms with E-state index in [1.54, 1.807) is 35.2 Å². The van der Waals surface area contributed by atoms with Gasteiger partial charge in [0.05, 0.1) is 5.69 Å². The smallest absolute Gasteiger partial charge is 0.272 e. The average Bonchev–Trinajstić information content (AvgIpc) is 2.74. The minimum atomic E-state index is -0.368. The molecule has 0 radical (unpaired) electrons. The number of benzene rings is 2. The number of hydrogen-bond donors (Lipinski definition) is 1. The monoisotopic (exact) mass is 395 g/mol. The fourth-order valence-corrected chi connectivity index (χ4v) is 3.28. The number of anilines is 3. The molecule has 2 aromatic carbocycles. The first-order valence-electron chi connectivity index (χ1n) is 9.23. The number of para-hydroxylation sites is 1. The number of halogens is 2. The Balaban J connectivity index is 1.42. The van der Waals surface area contributed by atoms with Crippen LogP contribution in [0.4, 0.5) is 26.0 Å². The molecule has 0 spiro atoms. The summed E-state index contributed by atoms with van der Waals surface area (Å²) in [6.07, 6.45) is 1.30. The van der Waals surface area contributed by atoms with Crippen molar-refractivity contribution in [1.29, 1.82) is 0 Å². The highest BCUT2D eigenvalue weighted by molar-refractivity contribution is 5.93. The van der Waals surface area contributed by atoms with Crippen LogP contribution < -0.4 is 10.2 Å². The van der Waals surface area contributed by atoms with E-state index < -0.39 is 0 Å². The lowest BCUT2D eigenvalue weighted by molar-refractivity contribution is 0.0740. The van der Waals surface area contributed by atoms with Crippen LogP contribution in [0.3, 0.4) is 0 Å². The van der Waals surface area contributed by atoms with Gasteiger partial charge in [0.2, 0.25) is 0 Å². The van der Waals surface area contributed by atoms with E-state index >= 15 is 0 Å². The van der Waals surface area contributed by atoms with Gasteiger partial charge in [-0.25, -0.2) is 18.7 Å². The zero-order valence-electron chi connectivity index (χ0n) is 15.6. The van der Waals surface area contributed by atoms with Crippen molar-refractivity contribution in [3.63, 3.8) is 0 Å². The topological polar surface area (TPSA) is 61.4 Å². The zero-order valence-corrected chi connectivity index (χ0v) is 15.6. The first-order valence-corrected chi connectivity index (χ1v) is 9.23. The van der Waals surface area contributed by atoms with Gasteiger partial charge in [-0.3, -0.25) is 4.79 Å². The quantitative estimate of drug-likeness (QED) is 0.733. The van der Waals surface area contributed by atoms with Crippen LogP contribution in [-0.4, -0.2) is 47.0 Å². The Labute approximate surface area is 166 Å². The van der Waals surface area contributed by atoms with Gasteiger partial charge in [0.25, 0.3) is 5.91 Å². The number of carbonyl (C=O) groups excluding carboxylic acids is 1. The number of amides is 1. The molecule has 0 unspecified atom stereocenters. The van der Waals surface area contributed by atoms with Crippen LogP contribution >= 0.6 is 0 Å². The molecule has 1 amide bonds. The van der Waals surface area contributed by atoms with Gasteiger partial charge in [0, 0.05) is 37.9 Å². The highest BCUT2D eigenvalue weighted by atomic mass is 19.1. The van der Waals surface area contributed by atoms with Gasteiger partial charge < -0.3 is 15.1 Å². The molecule has 0 aliphatic carbocycles. The van der Waals surface area contributed by atoms with Gasteiger partial charge in [-0.05, 0) is 30.3 Å². The third-order valence-electron chi connectivity index (χ3n) is 4.74. The van der Waals surface area contributed by atoms with Crippen molar-refractivity contribution in [3.8, 4) is 0 Å². The lowest BCUT2D eigenvalue weighted by Gasteiger charge is -2.36. The Bertz CT molecular complexity index is 1020. The number of nitrogens with zero attached hydrogens (tertiary/aromatic N) is 4. The summed E-state index contributed by atoms with van der Waals surface area (Å²) in [5.74, 6) is -0.453. The number of hydrogen-bond acceptors (Lipinski definition) is 5. The molecule has 1 aromatic heterocycles. The molecule has 1 aliphatic heterocycles. The van der Waals surface area contributed by atoms with Crippen LogP contribution in [0.5, 0.6) is 0 Å². The van der Waals surface area contributed by atoms with Gasteiger partial charge in [0.1, 0.15) is 29.5 Å². The van der Waals surface area contributed by atoms with E-state index in [9.17, 15) is 13.6 Å². The number of piperazine rings is 1. The van der Waals surface area contributed by atoms with E-state index in [1.807, 2.05) is 4.90 Å². The molecular weight excluding hydrogens is 376 g/mol. The van der Waals surface area contributed by atoms with Crippen molar-refractivity contribution in [2.24, 2.45) is 0 Å². The second kappa shape index (κ2) is 8.22. The maximum atomic E-state index is 14.0. The number of rotatable bonds is 4. The third kappa shape index (κ3) is 4.31. The number of carbonyl (C=O) groups is 1. The molecular formula is C21H19F2N5O. The van der Waals surface area contributed by atoms with Gasteiger partial charge in [-0.1, -0.05) is 18.2 Å². The Morgan fingerprint density at radius 1 is 0.931 bits per heavy atom. The second-order valence-corrected chi connectivity index (χ2v) is 6.65. The maximum absolute atomic E-state index is 14.0. The molecule has 0 saturated carbocycles. The van der Waals surface area contributed by atoms with Gasteiger partial charge >= 0.3 is 0 Å². The first-order chi connectivity index (χ1) is 14.1. The highest BCUT2D eigenvalue weighted by Crippen LogP contribution is 2.21. The van der Waals surface area contributed by atoms with E-state index in [4.69, 9.17) is 0 Å². The standard InChI is InChI=1S/C21H19F2N5O/c22-15-4-3-5-16(12-15)26-20-13-18(24-14-25-20)21(29)28-10-8-27(9-11-28)19-7-2-1-6-17(19)23/h1-7,12-14H,8-11H2,(H,24,25,26). The zero-order chi connectivity index (χ0) is 20.2. The Hall–Kier alpha value is -3.55. The van der Waals surface area contributed by atoms with Crippen molar-refractivity contribution in [1.82, 2.24) is 14.9 Å². The Morgan fingerprint density at radius 3 is 2.48 bits per heavy atom. The van der Waals surface area contributed by atoms with E-state index in [0.29, 0.717) is 43.4 Å². The molecule has 148 valence electrons. The van der Waals surface area contributed by atoms with Crippen molar-refractivity contribution < 1.29 is 13.6 Å².